The second kappa shape index (κ2) is 11.7. The summed E-state index contributed by atoms with van der Waals surface area (Å²) >= 11 is 0. The van der Waals surface area contributed by atoms with E-state index in [1.807, 2.05) is 83.1 Å². The van der Waals surface area contributed by atoms with Crippen LogP contribution in [0.25, 0.3) is 0 Å². The number of benzene rings is 1. The molecule has 0 fully saturated rings. The first-order chi connectivity index (χ1) is 15.1. The van der Waals surface area contributed by atoms with E-state index in [4.69, 9.17) is 0 Å². The largest absolute Gasteiger partial charge is 0.350 e. The maximum absolute atomic E-state index is 13.6. The molecule has 1 aromatic rings. The van der Waals surface area contributed by atoms with Crippen LogP contribution in [0.2, 0.25) is 0 Å². The maximum Gasteiger partial charge on any atom is 0.252 e. The van der Waals surface area contributed by atoms with Crippen molar-refractivity contribution in [1.29, 1.82) is 0 Å². The summed E-state index contributed by atoms with van der Waals surface area (Å²) in [4.78, 5) is 40.8. The summed E-state index contributed by atoms with van der Waals surface area (Å²) in [5.74, 6) is -1.02. The molecule has 0 radical (unpaired) electrons. The van der Waals surface area contributed by atoms with Gasteiger partial charge in [-0.2, -0.15) is 0 Å². The zero-order valence-electron chi connectivity index (χ0n) is 22.7. The van der Waals surface area contributed by atoms with Gasteiger partial charge in [0.25, 0.3) is 17.7 Å². The fraction of sp³-hybridized carbons (Fsp3) is 0.667. The SMILES string of the molecule is CC(C)NC(=O)c1c(C(C)C)c(C(=O)NC(C)C)c(C(C)C)c(C(=O)NC(C)C)c1C(C)C. The highest BCUT2D eigenvalue weighted by Gasteiger charge is 2.35. The standard InChI is InChI=1S/C27H45N3O3/c1-13(2)19-22(25(31)28-16(7)8)20(14(3)4)24(27(33)30-18(11)12)21(15(5)6)23(19)26(32)29-17(9)10/h13-18H,1-12H3,(H,28,31)(H,29,32)(H,30,33). The number of carbonyl (C=O) groups is 3. The van der Waals surface area contributed by atoms with Gasteiger partial charge in [-0.15, -0.1) is 0 Å². The number of hydrogen-bond donors (Lipinski definition) is 3. The van der Waals surface area contributed by atoms with Crippen LogP contribution in [0.4, 0.5) is 0 Å². The average Bonchev–Trinajstić information content (AvgIpc) is 2.63. The van der Waals surface area contributed by atoms with Crippen molar-refractivity contribution in [3.05, 3.63) is 33.4 Å². The summed E-state index contributed by atoms with van der Waals surface area (Å²) in [6.07, 6.45) is 0. The van der Waals surface area contributed by atoms with E-state index in [-0.39, 0.29) is 53.6 Å². The number of carbonyl (C=O) groups excluding carboxylic acids is 3. The summed E-state index contributed by atoms with van der Waals surface area (Å²) in [6, 6.07) is -0.241. The molecule has 1 aromatic carbocycles. The van der Waals surface area contributed by atoms with Crippen molar-refractivity contribution in [3.63, 3.8) is 0 Å². The van der Waals surface area contributed by atoms with Crippen molar-refractivity contribution in [2.24, 2.45) is 0 Å². The third-order valence-corrected chi connectivity index (χ3v) is 5.29. The molecule has 0 aliphatic heterocycles. The van der Waals surface area contributed by atoms with Crippen molar-refractivity contribution in [1.82, 2.24) is 16.0 Å². The van der Waals surface area contributed by atoms with E-state index in [2.05, 4.69) is 16.0 Å². The topological polar surface area (TPSA) is 87.3 Å². The highest BCUT2D eigenvalue weighted by Crippen LogP contribution is 2.40. The Morgan fingerprint density at radius 2 is 0.606 bits per heavy atom. The van der Waals surface area contributed by atoms with E-state index in [1.165, 1.54) is 0 Å². The lowest BCUT2D eigenvalue weighted by molar-refractivity contribution is 0.0939. The molecule has 3 amide bonds. The van der Waals surface area contributed by atoms with Crippen LogP contribution in [0.5, 0.6) is 0 Å². The molecule has 186 valence electrons. The molecule has 0 saturated heterocycles. The van der Waals surface area contributed by atoms with Gasteiger partial charge in [0.05, 0.1) is 0 Å². The Hall–Kier alpha value is -2.37. The fourth-order valence-corrected chi connectivity index (χ4v) is 4.28. The maximum atomic E-state index is 13.6. The zero-order valence-corrected chi connectivity index (χ0v) is 22.7. The fourth-order valence-electron chi connectivity index (χ4n) is 4.28. The molecule has 0 atom stereocenters. The number of amides is 3. The van der Waals surface area contributed by atoms with E-state index < -0.39 is 0 Å². The Morgan fingerprint density at radius 1 is 0.424 bits per heavy atom. The van der Waals surface area contributed by atoms with Gasteiger partial charge in [-0.25, -0.2) is 0 Å². The van der Waals surface area contributed by atoms with Gasteiger partial charge in [0.1, 0.15) is 0 Å². The number of rotatable bonds is 9. The predicted octanol–water partition coefficient (Wildman–Crippen LogP) is 5.47. The molecule has 0 saturated carbocycles. The first-order valence-electron chi connectivity index (χ1n) is 12.3. The third kappa shape index (κ3) is 6.81. The molecular formula is C27H45N3O3. The molecule has 0 aliphatic rings. The Labute approximate surface area is 200 Å². The van der Waals surface area contributed by atoms with Crippen LogP contribution in [0.3, 0.4) is 0 Å². The zero-order chi connectivity index (χ0) is 25.8. The lowest BCUT2D eigenvalue weighted by Gasteiger charge is -2.30. The molecule has 0 unspecified atom stereocenters. The quantitative estimate of drug-likeness (QED) is 0.457. The van der Waals surface area contributed by atoms with Crippen LogP contribution >= 0.6 is 0 Å². The molecule has 6 heteroatoms. The summed E-state index contributed by atoms with van der Waals surface area (Å²) < 4.78 is 0. The van der Waals surface area contributed by atoms with E-state index in [0.717, 1.165) is 0 Å². The third-order valence-electron chi connectivity index (χ3n) is 5.29. The lowest BCUT2D eigenvalue weighted by Crippen LogP contribution is -2.39. The molecule has 33 heavy (non-hydrogen) atoms. The van der Waals surface area contributed by atoms with E-state index in [9.17, 15) is 14.4 Å². The summed E-state index contributed by atoms with van der Waals surface area (Å²) in [5.41, 5.74) is 3.50. The number of hydrogen-bond acceptors (Lipinski definition) is 3. The predicted molar refractivity (Wildman–Crippen MR) is 137 cm³/mol. The summed E-state index contributed by atoms with van der Waals surface area (Å²) in [7, 11) is 0. The highest BCUT2D eigenvalue weighted by atomic mass is 16.2. The Morgan fingerprint density at radius 3 is 0.727 bits per heavy atom. The molecule has 0 aromatic heterocycles. The number of nitrogens with one attached hydrogen (secondary N) is 3. The van der Waals surface area contributed by atoms with Gasteiger partial charge < -0.3 is 16.0 Å². The lowest BCUT2D eigenvalue weighted by atomic mass is 9.75. The van der Waals surface area contributed by atoms with Gasteiger partial charge in [-0.3, -0.25) is 14.4 Å². The highest BCUT2D eigenvalue weighted by molar-refractivity contribution is 6.10. The molecule has 6 nitrogen and oxygen atoms in total. The summed E-state index contributed by atoms with van der Waals surface area (Å²) in [6.45, 7) is 23.4. The Balaban J connectivity index is 4.37. The van der Waals surface area contributed by atoms with Crippen molar-refractivity contribution < 1.29 is 14.4 Å². The molecule has 0 spiro atoms. The van der Waals surface area contributed by atoms with E-state index >= 15 is 0 Å². The van der Waals surface area contributed by atoms with E-state index in [0.29, 0.717) is 33.4 Å². The van der Waals surface area contributed by atoms with Crippen molar-refractivity contribution >= 4 is 17.7 Å². The Bertz CT molecular complexity index is 746. The smallest absolute Gasteiger partial charge is 0.252 e. The van der Waals surface area contributed by atoms with E-state index in [1.54, 1.807) is 0 Å². The van der Waals surface area contributed by atoms with Crippen LogP contribution in [0, 0.1) is 0 Å². The van der Waals surface area contributed by atoms with Crippen LogP contribution in [-0.2, 0) is 0 Å². The van der Waals surface area contributed by atoms with Gasteiger partial charge in [-0.05, 0) is 76.0 Å². The molecule has 0 bridgehead atoms. The minimum Gasteiger partial charge on any atom is -0.350 e. The van der Waals surface area contributed by atoms with Gasteiger partial charge in [0.2, 0.25) is 0 Å². The monoisotopic (exact) mass is 459 g/mol. The van der Waals surface area contributed by atoms with Crippen LogP contribution < -0.4 is 16.0 Å². The van der Waals surface area contributed by atoms with Crippen LogP contribution in [0.15, 0.2) is 0 Å². The van der Waals surface area contributed by atoms with Gasteiger partial charge in [0, 0.05) is 34.8 Å². The Kier molecular flexibility index (Phi) is 10.1. The average molecular weight is 460 g/mol. The van der Waals surface area contributed by atoms with Crippen molar-refractivity contribution in [2.45, 2.75) is 119 Å². The van der Waals surface area contributed by atoms with Crippen LogP contribution in [-0.4, -0.2) is 35.8 Å². The summed E-state index contributed by atoms with van der Waals surface area (Å²) in [5, 5.41) is 9.03. The first kappa shape index (κ1) is 28.7. The normalized spacial score (nSPS) is 11.8. The molecule has 3 N–H and O–H groups in total. The first-order valence-corrected chi connectivity index (χ1v) is 12.3. The van der Waals surface area contributed by atoms with Crippen molar-refractivity contribution in [2.75, 3.05) is 0 Å². The van der Waals surface area contributed by atoms with Crippen LogP contribution in [0.1, 0.15) is 149 Å². The second-order valence-corrected chi connectivity index (χ2v) is 10.7. The second-order valence-electron chi connectivity index (χ2n) is 10.7. The van der Waals surface area contributed by atoms with Gasteiger partial charge >= 0.3 is 0 Å². The molecular weight excluding hydrogens is 414 g/mol. The molecule has 0 aliphatic carbocycles. The molecule has 0 heterocycles. The van der Waals surface area contributed by atoms with Gasteiger partial charge in [-0.1, -0.05) is 41.5 Å². The van der Waals surface area contributed by atoms with Gasteiger partial charge in [0.15, 0.2) is 0 Å². The molecule has 1 rings (SSSR count). The minimum atomic E-state index is -0.245. The minimum absolute atomic E-state index is 0.0804. The van der Waals surface area contributed by atoms with Crippen molar-refractivity contribution in [3.8, 4) is 0 Å².